The molecule has 2 rings (SSSR count). The molecule has 1 aromatic heterocycles. The summed E-state index contributed by atoms with van der Waals surface area (Å²) in [6, 6.07) is 4.52. The second-order valence-electron chi connectivity index (χ2n) is 5.25. The van der Waals surface area contributed by atoms with Crippen LogP contribution in [0.15, 0.2) is 12.1 Å². The van der Waals surface area contributed by atoms with Crippen LogP contribution in [-0.4, -0.2) is 25.0 Å². The van der Waals surface area contributed by atoms with E-state index in [9.17, 15) is 4.79 Å². The van der Waals surface area contributed by atoms with Crippen molar-refractivity contribution >= 4 is 29.7 Å². The Hall–Kier alpha value is -0.580. The van der Waals surface area contributed by atoms with Crippen LogP contribution in [0.4, 0.5) is 0 Å². The Morgan fingerprint density at radius 3 is 2.95 bits per heavy atom. The second-order valence-corrected chi connectivity index (χ2v) is 6.62. The summed E-state index contributed by atoms with van der Waals surface area (Å²) in [6.07, 6.45) is 2.74. The summed E-state index contributed by atoms with van der Waals surface area (Å²) in [5.41, 5.74) is 0. The maximum Gasteiger partial charge on any atom is 0.220 e. The van der Waals surface area contributed by atoms with Crippen molar-refractivity contribution in [3.05, 3.63) is 21.9 Å². The Balaban J connectivity index is 0.00000180. The molecule has 108 valence electrons. The molecule has 0 bridgehead atoms. The molecule has 19 heavy (non-hydrogen) atoms. The molecule has 2 atom stereocenters. The fourth-order valence-corrected chi connectivity index (χ4v) is 3.45. The van der Waals surface area contributed by atoms with Crippen molar-refractivity contribution in [1.82, 2.24) is 10.6 Å². The lowest BCUT2D eigenvalue weighted by Gasteiger charge is -2.14. The highest BCUT2D eigenvalue weighted by Gasteiger charge is 2.19. The molecule has 5 heteroatoms. The normalized spacial score (nSPS) is 19.8. The van der Waals surface area contributed by atoms with Crippen molar-refractivity contribution in [3.8, 4) is 0 Å². The van der Waals surface area contributed by atoms with Crippen LogP contribution < -0.4 is 10.6 Å². The topological polar surface area (TPSA) is 41.1 Å². The number of thiophene rings is 1. The van der Waals surface area contributed by atoms with Crippen molar-refractivity contribution in [2.24, 2.45) is 5.92 Å². The highest BCUT2D eigenvalue weighted by molar-refractivity contribution is 7.11. The van der Waals surface area contributed by atoms with Gasteiger partial charge in [-0.05, 0) is 51.4 Å². The largest absolute Gasteiger partial charge is 0.353 e. The first-order chi connectivity index (χ1) is 8.63. The maximum atomic E-state index is 11.9. The first kappa shape index (κ1) is 16.5. The molecular weight excluding hydrogens is 280 g/mol. The fraction of sp³-hybridized carbons (Fsp3) is 0.643. The zero-order valence-corrected chi connectivity index (χ0v) is 13.2. The molecule has 3 nitrogen and oxygen atoms in total. The minimum Gasteiger partial charge on any atom is -0.353 e. The van der Waals surface area contributed by atoms with E-state index >= 15 is 0 Å². The molecule has 1 aromatic rings. The monoisotopic (exact) mass is 302 g/mol. The van der Waals surface area contributed by atoms with Crippen LogP contribution in [0.1, 0.15) is 29.5 Å². The predicted molar refractivity (Wildman–Crippen MR) is 83.2 cm³/mol. The van der Waals surface area contributed by atoms with Crippen molar-refractivity contribution in [1.29, 1.82) is 0 Å². The van der Waals surface area contributed by atoms with Crippen molar-refractivity contribution in [2.75, 3.05) is 13.1 Å². The second kappa shape index (κ2) is 7.88. The minimum atomic E-state index is 0. The van der Waals surface area contributed by atoms with Gasteiger partial charge in [-0.15, -0.1) is 23.7 Å². The lowest BCUT2D eigenvalue weighted by atomic mass is 10.0. The van der Waals surface area contributed by atoms with E-state index in [1.165, 1.54) is 9.75 Å². The number of nitrogens with one attached hydrogen (secondary N) is 2. The lowest BCUT2D eigenvalue weighted by molar-refractivity contribution is -0.122. The Morgan fingerprint density at radius 2 is 2.37 bits per heavy atom. The van der Waals surface area contributed by atoms with Gasteiger partial charge in [-0.3, -0.25) is 4.79 Å². The van der Waals surface area contributed by atoms with Crippen LogP contribution in [0, 0.1) is 12.8 Å². The molecular formula is C14H23ClN2OS. The van der Waals surface area contributed by atoms with Gasteiger partial charge in [0, 0.05) is 28.6 Å². The molecule has 1 amide bonds. The van der Waals surface area contributed by atoms with Crippen molar-refractivity contribution in [3.63, 3.8) is 0 Å². The first-order valence-corrected chi connectivity index (χ1v) is 7.50. The van der Waals surface area contributed by atoms with Gasteiger partial charge >= 0.3 is 0 Å². The summed E-state index contributed by atoms with van der Waals surface area (Å²) in [7, 11) is 0. The van der Waals surface area contributed by atoms with Crippen molar-refractivity contribution < 1.29 is 4.79 Å². The van der Waals surface area contributed by atoms with E-state index in [1.54, 1.807) is 0 Å². The molecule has 0 radical (unpaired) electrons. The number of amides is 1. The minimum absolute atomic E-state index is 0. The summed E-state index contributed by atoms with van der Waals surface area (Å²) < 4.78 is 0. The quantitative estimate of drug-likeness (QED) is 0.877. The van der Waals surface area contributed by atoms with E-state index in [0.717, 1.165) is 25.9 Å². The molecule has 1 saturated heterocycles. The molecule has 1 aliphatic heterocycles. The van der Waals surface area contributed by atoms with Crippen LogP contribution in [0.2, 0.25) is 0 Å². The van der Waals surface area contributed by atoms with Crippen molar-refractivity contribution in [2.45, 2.75) is 39.2 Å². The Kier molecular flexibility index (Phi) is 6.83. The first-order valence-electron chi connectivity index (χ1n) is 6.69. The molecule has 0 saturated carbocycles. The number of rotatable bonds is 5. The van der Waals surface area contributed by atoms with Crippen LogP contribution in [-0.2, 0) is 11.2 Å². The van der Waals surface area contributed by atoms with Crippen LogP contribution in [0.5, 0.6) is 0 Å². The van der Waals surface area contributed by atoms with E-state index < -0.39 is 0 Å². The molecule has 2 heterocycles. The van der Waals surface area contributed by atoms with E-state index in [0.29, 0.717) is 12.3 Å². The lowest BCUT2D eigenvalue weighted by Crippen LogP contribution is -2.35. The third kappa shape index (κ3) is 5.51. The summed E-state index contributed by atoms with van der Waals surface area (Å²) in [5.74, 6) is 0.727. The molecule has 0 aromatic carbocycles. The summed E-state index contributed by atoms with van der Waals surface area (Å²) in [6.45, 7) is 6.25. The van der Waals surface area contributed by atoms with Crippen LogP contribution >= 0.6 is 23.7 Å². The number of hydrogen-bond acceptors (Lipinski definition) is 3. The smallest absolute Gasteiger partial charge is 0.220 e. The molecule has 0 aliphatic carbocycles. The number of aryl methyl sites for hydroxylation is 1. The molecule has 2 unspecified atom stereocenters. The molecule has 0 spiro atoms. The summed E-state index contributed by atoms with van der Waals surface area (Å²) in [4.78, 5) is 14.6. The van der Waals surface area contributed by atoms with Gasteiger partial charge in [-0.25, -0.2) is 0 Å². The Bertz CT molecular complexity index is 402. The number of carbonyl (C=O) groups excluding carboxylic acids is 1. The van der Waals surface area contributed by atoms with Gasteiger partial charge in [0.05, 0.1) is 0 Å². The van der Waals surface area contributed by atoms with Gasteiger partial charge in [-0.2, -0.15) is 0 Å². The average Bonchev–Trinajstić information content (AvgIpc) is 2.90. The molecule has 1 fully saturated rings. The van der Waals surface area contributed by atoms with Gasteiger partial charge in [0.1, 0.15) is 0 Å². The number of carbonyl (C=O) groups is 1. The number of hydrogen-bond donors (Lipinski definition) is 2. The SMILES string of the molecule is Cc1ccc(CC(C)NC(=O)CC2CCNC2)s1.Cl. The van der Waals surface area contributed by atoms with Gasteiger partial charge in [0.25, 0.3) is 0 Å². The van der Waals surface area contributed by atoms with E-state index in [4.69, 9.17) is 0 Å². The van der Waals surface area contributed by atoms with Gasteiger partial charge in [0.15, 0.2) is 0 Å². The molecule has 2 N–H and O–H groups in total. The third-order valence-corrected chi connectivity index (χ3v) is 4.37. The van der Waals surface area contributed by atoms with Crippen LogP contribution in [0.3, 0.4) is 0 Å². The standard InChI is InChI=1S/C14H22N2OS.ClH/c1-10(7-13-4-3-11(2)18-13)16-14(17)8-12-5-6-15-9-12;/h3-4,10,12,15H,5-9H2,1-2H3,(H,16,17);1H. The zero-order valence-electron chi connectivity index (χ0n) is 11.6. The Morgan fingerprint density at radius 1 is 1.58 bits per heavy atom. The van der Waals surface area contributed by atoms with E-state index in [-0.39, 0.29) is 24.4 Å². The van der Waals surface area contributed by atoms with E-state index in [2.05, 4.69) is 36.6 Å². The molecule has 1 aliphatic rings. The van der Waals surface area contributed by atoms with E-state index in [1.807, 2.05) is 11.3 Å². The average molecular weight is 303 g/mol. The van der Waals surface area contributed by atoms with Gasteiger partial charge in [0.2, 0.25) is 5.91 Å². The van der Waals surface area contributed by atoms with Gasteiger partial charge < -0.3 is 10.6 Å². The fourth-order valence-electron chi connectivity index (χ4n) is 2.43. The highest BCUT2D eigenvalue weighted by atomic mass is 35.5. The predicted octanol–water partition coefficient (Wildman–Crippen LogP) is 2.53. The third-order valence-electron chi connectivity index (χ3n) is 3.35. The van der Waals surface area contributed by atoms with Crippen LogP contribution in [0.25, 0.3) is 0 Å². The number of halogens is 1. The summed E-state index contributed by atoms with van der Waals surface area (Å²) in [5, 5.41) is 6.40. The Labute approximate surface area is 125 Å². The summed E-state index contributed by atoms with van der Waals surface area (Å²) >= 11 is 1.81. The zero-order chi connectivity index (χ0) is 13.0. The highest BCUT2D eigenvalue weighted by Crippen LogP contribution is 2.17. The maximum absolute atomic E-state index is 11.9. The van der Waals surface area contributed by atoms with Gasteiger partial charge in [-0.1, -0.05) is 0 Å².